The van der Waals surface area contributed by atoms with Crippen LogP contribution in [0.3, 0.4) is 0 Å². The van der Waals surface area contributed by atoms with Crippen LogP contribution in [0.1, 0.15) is 11.4 Å². The molecule has 0 saturated heterocycles. The number of benzene rings is 1. The number of rotatable bonds is 3. The normalized spacial score (nSPS) is 17.2. The van der Waals surface area contributed by atoms with Crippen molar-refractivity contribution >= 4 is 5.82 Å². The number of ether oxygens (including phenoxy) is 1. The van der Waals surface area contributed by atoms with E-state index in [4.69, 9.17) is 4.74 Å². The number of para-hydroxylation sites is 1. The molecular weight excluding hydrogens is 250 g/mol. The lowest BCUT2D eigenvalue weighted by molar-refractivity contribution is 0.219. The van der Waals surface area contributed by atoms with Crippen LogP contribution < -0.4 is 9.64 Å². The third-order valence-corrected chi connectivity index (χ3v) is 3.58. The molecule has 2 aromatic rings. The molecular formula is C16H19N3O. The van der Waals surface area contributed by atoms with E-state index in [9.17, 15) is 0 Å². The van der Waals surface area contributed by atoms with Gasteiger partial charge >= 0.3 is 0 Å². The predicted octanol–water partition coefficient (Wildman–Crippen LogP) is 2.34. The maximum absolute atomic E-state index is 5.82. The number of anilines is 1. The van der Waals surface area contributed by atoms with Crippen molar-refractivity contribution in [2.75, 3.05) is 25.6 Å². The van der Waals surface area contributed by atoms with E-state index in [-0.39, 0.29) is 0 Å². The maximum atomic E-state index is 5.82. The van der Waals surface area contributed by atoms with Gasteiger partial charge in [0.25, 0.3) is 0 Å². The highest BCUT2D eigenvalue weighted by molar-refractivity contribution is 5.36. The maximum Gasteiger partial charge on any atom is 0.131 e. The third-order valence-electron chi connectivity index (χ3n) is 3.58. The second-order valence-electron chi connectivity index (χ2n) is 5.42. The van der Waals surface area contributed by atoms with Crippen LogP contribution in [-0.2, 0) is 12.8 Å². The van der Waals surface area contributed by atoms with E-state index >= 15 is 0 Å². The average molecular weight is 269 g/mol. The Bertz CT molecular complexity index is 598. The summed E-state index contributed by atoms with van der Waals surface area (Å²) < 4.78 is 5.82. The first-order valence-corrected chi connectivity index (χ1v) is 6.92. The lowest BCUT2D eigenvalue weighted by Crippen LogP contribution is -2.24. The second-order valence-corrected chi connectivity index (χ2v) is 5.42. The van der Waals surface area contributed by atoms with Crippen LogP contribution in [0.4, 0.5) is 5.82 Å². The summed E-state index contributed by atoms with van der Waals surface area (Å²) in [5, 5.41) is 0. The third kappa shape index (κ3) is 2.74. The molecule has 0 radical (unpaired) electrons. The Labute approximate surface area is 119 Å². The fourth-order valence-electron chi connectivity index (χ4n) is 2.52. The van der Waals surface area contributed by atoms with Gasteiger partial charge in [-0.25, -0.2) is 9.97 Å². The van der Waals surface area contributed by atoms with Gasteiger partial charge < -0.3 is 9.64 Å². The topological polar surface area (TPSA) is 38.2 Å². The van der Waals surface area contributed by atoms with Crippen LogP contribution in [0.15, 0.2) is 36.5 Å². The number of nitrogens with zero attached hydrogens (tertiary/aromatic N) is 3. The van der Waals surface area contributed by atoms with Crippen LogP contribution in [0, 0.1) is 5.92 Å². The van der Waals surface area contributed by atoms with Crippen molar-refractivity contribution in [2.45, 2.75) is 12.8 Å². The zero-order chi connectivity index (χ0) is 13.9. The first-order valence-electron chi connectivity index (χ1n) is 6.92. The molecule has 1 atom stereocenters. The summed E-state index contributed by atoms with van der Waals surface area (Å²) in [6.45, 7) is 0.743. The Morgan fingerprint density at radius 1 is 1.25 bits per heavy atom. The molecule has 0 bridgehead atoms. The zero-order valence-corrected chi connectivity index (χ0v) is 11.9. The van der Waals surface area contributed by atoms with Gasteiger partial charge in [-0.3, -0.25) is 0 Å². The van der Waals surface area contributed by atoms with Crippen LogP contribution in [0.25, 0.3) is 0 Å². The molecule has 1 unspecified atom stereocenters. The number of aromatic nitrogens is 2. The van der Waals surface area contributed by atoms with Gasteiger partial charge in [0.1, 0.15) is 17.4 Å². The lowest BCUT2D eigenvalue weighted by atomic mass is 9.94. The quantitative estimate of drug-likeness (QED) is 0.857. The highest BCUT2D eigenvalue weighted by Crippen LogP contribution is 2.28. The molecule has 0 amide bonds. The van der Waals surface area contributed by atoms with Crippen LogP contribution in [0.5, 0.6) is 5.75 Å². The van der Waals surface area contributed by atoms with Gasteiger partial charge in [-0.2, -0.15) is 0 Å². The standard InChI is InChI=1S/C16H19N3O/c1-19(2)16-7-8-17-15(18-16)10-12-9-13-5-3-4-6-14(13)20-11-12/h3-8,12H,9-11H2,1-2H3. The van der Waals surface area contributed by atoms with E-state index in [2.05, 4.69) is 22.1 Å². The van der Waals surface area contributed by atoms with Gasteiger partial charge in [0.15, 0.2) is 0 Å². The van der Waals surface area contributed by atoms with Gasteiger partial charge in [0.05, 0.1) is 6.61 Å². The molecule has 1 aliphatic rings. The van der Waals surface area contributed by atoms with Crippen molar-refractivity contribution in [1.29, 1.82) is 0 Å². The fourth-order valence-corrected chi connectivity index (χ4v) is 2.52. The molecule has 1 aromatic heterocycles. The smallest absolute Gasteiger partial charge is 0.131 e. The Balaban J connectivity index is 1.72. The SMILES string of the molecule is CN(C)c1ccnc(CC2COc3ccccc3C2)n1. The number of hydrogen-bond donors (Lipinski definition) is 0. The Morgan fingerprint density at radius 2 is 2.10 bits per heavy atom. The Hall–Kier alpha value is -2.10. The van der Waals surface area contributed by atoms with E-state index in [1.165, 1.54) is 5.56 Å². The molecule has 0 spiro atoms. The lowest BCUT2D eigenvalue weighted by Gasteiger charge is -2.24. The molecule has 0 fully saturated rings. The predicted molar refractivity (Wildman–Crippen MR) is 79.2 cm³/mol. The van der Waals surface area contributed by atoms with Crippen molar-refractivity contribution in [2.24, 2.45) is 5.92 Å². The molecule has 4 nitrogen and oxygen atoms in total. The van der Waals surface area contributed by atoms with Crippen LogP contribution >= 0.6 is 0 Å². The molecule has 1 aliphatic heterocycles. The van der Waals surface area contributed by atoms with Gasteiger partial charge in [0.2, 0.25) is 0 Å². The Kier molecular flexibility index (Phi) is 3.54. The second kappa shape index (κ2) is 5.49. The van der Waals surface area contributed by atoms with E-state index < -0.39 is 0 Å². The molecule has 2 heterocycles. The number of fused-ring (bicyclic) bond motifs is 1. The monoisotopic (exact) mass is 269 g/mol. The Morgan fingerprint density at radius 3 is 2.95 bits per heavy atom. The molecule has 20 heavy (non-hydrogen) atoms. The highest BCUT2D eigenvalue weighted by Gasteiger charge is 2.20. The van der Waals surface area contributed by atoms with Crippen molar-refractivity contribution in [3.63, 3.8) is 0 Å². The van der Waals surface area contributed by atoms with Crippen molar-refractivity contribution in [3.05, 3.63) is 47.9 Å². The summed E-state index contributed by atoms with van der Waals surface area (Å²) in [5.74, 6) is 3.31. The van der Waals surface area contributed by atoms with Crippen molar-refractivity contribution in [1.82, 2.24) is 9.97 Å². The molecule has 104 valence electrons. The van der Waals surface area contributed by atoms with Crippen molar-refractivity contribution in [3.8, 4) is 5.75 Å². The van der Waals surface area contributed by atoms with Gasteiger partial charge in [-0.15, -0.1) is 0 Å². The molecule has 3 rings (SSSR count). The summed E-state index contributed by atoms with van der Waals surface area (Å²) in [6, 6.07) is 10.2. The fraction of sp³-hybridized carbons (Fsp3) is 0.375. The summed E-state index contributed by atoms with van der Waals surface area (Å²) in [7, 11) is 3.98. The van der Waals surface area contributed by atoms with Crippen LogP contribution in [-0.4, -0.2) is 30.7 Å². The summed E-state index contributed by atoms with van der Waals surface area (Å²) >= 11 is 0. The van der Waals surface area contributed by atoms with Crippen molar-refractivity contribution < 1.29 is 4.74 Å². The molecule has 4 heteroatoms. The average Bonchev–Trinajstić information content (AvgIpc) is 2.47. The summed E-state index contributed by atoms with van der Waals surface area (Å²) in [6.07, 6.45) is 3.72. The first-order chi connectivity index (χ1) is 9.72. The van der Waals surface area contributed by atoms with E-state index in [0.717, 1.165) is 36.8 Å². The van der Waals surface area contributed by atoms with Crippen LogP contribution in [0.2, 0.25) is 0 Å². The molecule has 0 N–H and O–H groups in total. The van der Waals surface area contributed by atoms with E-state index in [1.54, 1.807) is 0 Å². The van der Waals surface area contributed by atoms with Gasteiger partial charge in [-0.05, 0) is 24.1 Å². The van der Waals surface area contributed by atoms with E-state index in [1.807, 2.05) is 43.4 Å². The van der Waals surface area contributed by atoms with Gasteiger partial charge in [0, 0.05) is 32.6 Å². The summed E-state index contributed by atoms with van der Waals surface area (Å²) in [4.78, 5) is 11.0. The minimum Gasteiger partial charge on any atom is -0.493 e. The molecule has 1 aromatic carbocycles. The molecule has 0 saturated carbocycles. The molecule has 0 aliphatic carbocycles. The largest absolute Gasteiger partial charge is 0.493 e. The summed E-state index contributed by atoms with van der Waals surface area (Å²) in [5.41, 5.74) is 1.28. The zero-order valence-electron chi connectivity index (χ0n) is 11.9. The first kappa shape index (κ1) is 12.9. The highest BCUT2D eigenvalue weighted by atomic mass is 16.5. The van der Waals surface area contributed by atoms with E-state index in [0.29, 0.717) is 5.92 Å². The van der Waals surface area contributed by atoms with Gasteiger partial charge in [-0.1, -0.05) is 18.2 Å². The minimum absolute atomic E-state index is 0.447. The number of hydrogen-bond acceptors (Lipinski definition) is 4. The minimum atomic E-state index is 0.447.